The van der Waals surface area contributed by atoms with Gasteiger partial charge in [0.1, 0.15) is 11.6 Å². The first-order valence-electron chi connectivity index (χ1n) is 20.6. The van der Waals surface area contributed by atoms with Crippen LogP contribution in [0.4, 0.5) is 25.1 Å². The van der Waals surface area contributed by atoms with Crippen LogP contribution < -0.4 is 48.5 Å². The average molecular weight is 869 g/mol. The van der Waals surface area contributed by atoms with E-state index >= 15 is 0 Å². The molecule has 2 atom stereocenters. The van der Waals surface area contributed by atoms with E-state index in [1.807, 2.05) is 40.1 Å². The number of H-pyrrole nitrogens is 2. The maximum Gasteiger partial charge on any atom is 0.387 e. The number of fused-ring (bicyclic) bond motifs is 2. The summed E-state index contributed by atoms with van der Waals surface area (Å²) in [5.74, 6) is 0.672. The van der Waals surface area contributed by atoms with E-state index in [1.54, 1.807) is 46.5 Å². The summed E-state index contributed by atoms with van der Waals surface area (Å²) in [5.41, 5.74) is 13.1. The van der Waals surface area contributed by atoms with Crippen molar-refractivity contribution in [2.75, 3.05) is 36.0 Å². The first-order valence-corrected chi connectivity index (χ1v) is 20.6. The van der Waals surface area contributed by atoms with Crippen molar-refractivity contribution >= 4 is 34.2 Å². The number of halogens is 3. The summed E-state index contributed by atoms with van der Waals surface area (Å²) in [6.45, 7) is 0.0405. The summed E-state index contributed by atoms with van der Waals surface area (Å²) >= 11 is 0. The first-order chi connectivity index (χ1) is 30.3. The van der Waals surface area contributed by atoms with Gasteiger partial charge in [0.25, 0.3) is 11.1 Å². The molecule has 9 rings (SSSR count). The zero-order valence-corrected chi connectivity index (χ0v) is 34.4. The van der Waals surface area contributed by atoms with Gasteiger partial charge in [-0.3, -0.25) is 37.8 Å². The highest BCUT2D eigenvalue weighted by molar-refractivity contribution is 5.76. The Morgan fingerprint density at radius 2 is 1.25 bits per heavy atom. The Bertz CT molecular complexity index is 2990. The summed E-state index contributed by atoms with van der Waals surface area (Å²) in [6.07, 6.45) is 3.54. The van der Waals surface area contributed by atoms with E-state index in [1.165, 1.54) is 27.3 Å². The quantitative estimate of drug-likeness (QED) is 0.157. The topological polar surface area (TPSA) is 213 Å². The lowest BCUT2D eigenvalue weighted by molar-refractivity contribution is -0.0504. The Hall–Kier alpha value is -6.93. The van der Waals surface area contributed by atoms with Gasteiger partial charge in [0.2, 0.25) is 11.9 Å². The lowest BCUT2D eigenvalue weighted by Crippen LogP contribution is -2.44. The highest BCUT2D eigenvalue weighted by atomic mass is 19.3. The van der Waals surface area contributed by atoms with Crippen molar-refractivity contribution in [1.82, 2.24) is 38.2 Å². The minimum absolute atomic E-state index is 0.00433. The average Bonchev–Trinajstić information content (AvgIpc) is 3.82. The van der Waals surface area contributed by atoms with Crippen molar-refractivity contribution in [3.8, 4) is 5.75 Å². The van der Waals surface area contributed by atoms with Crippen molar-refractivity contribution in [1.29, 1.82) is 0 Å². The van der Waals surface area contributed by atoms with E-state index < -0.39 is 29.1 Å². The minimum Gasteiger partial charge on any atom is -0.434 e. The number of hydrogen-bond acceptors (Lipinski definition) is 11. The van der Waals surface area contributed by atoms with E-state index in [9.17, 15) is 32.3 Å². The zero-order valence-electron chi connectivity index (χ0n) is 34.4. The van der Waals surface area contributed by atoms with Crippen LogP contribution in [0.2, 0.25) is 0 Å². The van der Waals surface area contributed by atoms with Gasteiger partial charge in [0.05, 0.1) is 19.6 Å². The number of hydrogen-bond donors (Lipinski definition) is 4. The Balaban J connectivity index is 0.000000180. The molecule has 3 aromatic carbocycles. The fraction of sp³-hybridized carbons (Fsp3) is 0.349. The number of nitrogens with two attached hydrogens (primary N) is 2. The second-order valence-corrected chi connectivity index (χ2v) is 15.8. The number of aromatic nitrogens is 8. The zero-order chi connectivity index (χ0) is 44.4. The minimum atomic E-state index is -3.00. The van der Waals surface area contributed by atoms with E-state index in [4.69, 9.17) is 21.2 Å². The summed E-state index contributed by atoms with van der Waals surface area (Å²) in [5, 5.41) is 0. The lowest BCUT2D eigenvalue weighted by Gasteiger charge is -2.32. The molecule has 2 aliphatic heterocycles. The van der Waals surface area contributed by atoms with Gasteiger partial charge >= 0.3 is 18.0 Å². The monoisotopic (exact) mass is 868 g/mol. The molecule has 0 bridgehead atoms. The lowest BCUT2D eigenvalue weighted by atomic mass is 10.1. The Morgan fingerprint density at radius 3 is 1.89 bits per heavy atom. The fourth-order valence-corrected chi connectivity index (χ4v) is 8.30. The number of para-hydroxylation sites is 1. The molecule has 4 aromatic heterocycles. The van der Waals surface area contributed by atoms with E-state index in [2.05, 4.69) is 15.0 Å². The molecule has 2 aliphatic rings. The summed E-state index contributed by atoms with van der Waals surface area (Å²) < 4.78 is 50.6. The number of piperidine rings is 2. The highest BCUT2D eigenvalue weighted by Crippen LogP contribution is 2.29. The number of alkyl halides is 2. The smallest absolute Gasteiger partial charge is 0.387 e. The van der Waals surface area contributed by atoms with Gasteiger partial charge in [0, 0.05) is 50.9 Å². The molecule has 330 valence electrons. The normalized spacial score (nSPS) is 16.7. The molecule has 6 heterocycles. The third kappa shape index (κ3) is 9.17. The molecule has 0 amide bonds. The molecule has 17 nitrogen and oxygen atoms in total. The Labute approximate surface area is 357 Å². The number of benzene rings is 3. The van der Waals surface area contributed by atoms with E-state index in [0.717, 1.165) is 37.8 Å². The van der Waals surface area contributed by atoms with Gasteiger partial charge in [-0.25, -0.2) is 14.0 Å². The SMILES string of the molecule is Cn1c(=O)[nH]c(=O)c2c1nc(N1CCCC(N)C1)n2Cc1cccc(F)c1.NC1CCCN(c2nc3c(c(=O)[nH]c(=O)n3Cc3ccccc3)n2Cc2ccccc2OC(F)F)C1. The summed E-state index contributed by atoms with van der Waals surface area (Å²) in [7, 11) is 1.56. The highest BCUT2D eigenvalue weighted by Gasteiger charge is 2.28. The van der Waals surface area contributed by atoms with Crippen LogP contribution in [0.25, 0.3) is 22.3 Å². The van der Waals surface area contributed by atoms with Gasteiger partial charge < -0.3 is 26.0 Å². The van der Waals surface area contributed by atoms with Crippen LogP contribution in [0.3, 0.4) is 0 Å². The molecule has 0 aliphatic carbocycles. The Morgan fingerprint density at radius 1 is 0.698 bits per heavy atom. The maximum atomic E-state index is 13.6. The molecule has 20 heteroatoms. The molecular weight excluding hydrogens is 822 g/mol. The van der Waals surface area contributed by atoms with E-state index in [0.29, 0.717) is 48.3 Å². The molecule has 0 saturated carbocycles. The molecule has 63 heavy (non-hydrogen) atoms. The fourth-order valence-electron chi connectivity index (χ4n) is 8.30. The molecule has 2 fully saturated rings. The summed E-state index contributed by atoms with van der Waals surface area (Å²) in [6, 6.07) is 21.9. The van der Waals surface area contributed by atoms with Crippen LogP contribution in [0.15, 0.2) is 98.0 Å². The van der Waals surface area contributed by atoms with Crippen LogP contribution in [0.1, 0.15) is 42.4 Å². The molecule has 0 radical (unpaired) electrons. The standard InChI is InChI=1S/C25H26F2N6O3.C18H21FN6O2/c26-23(27)36-19-11-5-4-9-17(19)14-32-20-21(29-24(32)31-12-6-10-18(28)15-31)33(25(35)30-22(20)34)13-16-7-2-1-3-8-16;1-23-15-14(16(26)22-18(23)27)25(9-11-4-2-5-12(19)8-11)17(21-15)24-7-3-6-13(20)10-24/h1-5,7-9,11,18,23H,6,10,12-15,28H2,(H,30,34,35);2,4-5,8,13H,3,6-7,9-10,20H2,1H3,(H,22,26,27). The van der Waals surface area contributed by atoms with E-state index in [-0.39, 0.29) is 60.0 Å². The van der Waals surface area contributed by atoms with Crippen molar-refractivity contribution in [3.63, 3.8) is 0 Å². The van der Waals surface area contributed by atoms with Crippen LogP contribution in [-0.4, -0.2) is 83.1 Å². The third-order valence-electron chi connectivity index (χ3n) is 11.3. The molecule has 6 N–H and O–H groups in total. The molecule has 2 unspecified atom stereocenters. The second-order valence-electron chi connectivity index (χ2n) is 15.8. The molecule has 2 saturated heterocycles. The number of nitrogens with one attached hydrogen (secondary N) is 2. The van der Waals surface area contributed by atoms with Crippen molar-refractivity contribution in [3.05, 3.63) is 143 Å². The first kappa shape index (κ1) is 42.7. The van der Waals surface area contributed by atoms with Gasteiger partial charge in [0.15, 0.2) is 22.3 Å². The van der Waals surface area contributed by atoms with Crippen LogP contribution >= 0.6 is 0 Å². The molecule has 7 aromatic rings. The van der Waals surface area contributed by atoms with Crippen molar-refractivity contribution in [2.45, 2.75) is 64.0 Å². The molecule has 0 spiro atoms. The van der Waals surface area contributed by atoms with Crippen molar-refractivity contribution in [2.24, 2.45) is 18.5 Å². The van der Waals surface area contributed by atoms with Crippen molar-refractivity contribution < 1.29 is 17.9 Å². The number of aryl methyl sites for hydroxylation is 1. The maximum absolute atomic E-state index is 13.6. The third-order valence-corrected chi connectivity index (χ3v) is 11.3. The number of aromatic amines is 2. The Kier molecular flexibility index (Phi) is 12.3. The van der Waals surface area contributed by atoms with Gasteiger partial charge in [-0.15, -0.1) is 0 Å². The number of nitrogens with zero attached hydrogens (tertiary/aromatic N) is 8. The number of rotatable bonds is 10. The van der Waals surface area contributed by atoms with Crippen LogP contribution in [0, 0.1) is 5.82 Å². The molecular formula is C43H47F3N12O5. The summed E-state index contributed by atoms with van der Waals surface area (Å²) in [4.78, 5) is 68.6. The number of imidazole rings is 2. The van der Waals surface area contributed by atoms with Crippen LogP contribution in [0.5, 0.6) is 5.75 Å². The van der Waals surface area contributed by atoms with Crippen LogP contribution in [-0.2, 0) is 26.7 Å². The predicted octanol–water partition coefficient (Wildman–Crippen LogP) is 3.05. The number of anilines is 2. The predicted molar refractivity (Wildman–Crippen MR) is 232 cm³/mol. The number of ether oxygens (including phenoxy) is 1. The van der Waals surface area contributed by atoms with Gasteiger partial charge in [-0.05, 0) is 55.0 Å². The largest absolute Gasteiger partial charge is 0.434 e. The second kappa shape index (κ2) is 18.2. The van der Waals surface area contributed by atoms with Gasteiger partial charge in [-0.1, -0.05) is 60.7 Å². The van der Waals surface area contributed by atoms with Gasteiger partial charge in [-0.2, -0.15) is 18.7 Å².